The number of carbonyl (C=O) groups excluding carboxylic acids is 2. The van der Waals surface area contributed by atoms with Gasteiger partial charge in [-0.25, -0.2) is 9.18 Å². The molecule has 6 heteroatoms. The van der Waals surface area contributed by atoms with Crippen LogP contribution in [0.1, 0.15) is 40.0 Å². The van der Waals surface area contributed by atoms with Crippen molar-refractivity contribution in [1.29, 1.82) is 0 Å². The number of anilines is 1. The fraction of sp³-hybridized carbons (Fsp3) is 0.529. The Morgan fingerprint density at radius 3 is 2.52 bits per heavy atom. The van der Waals surface area contributed by atoms with Crippen LogP contribution in [0.2, 0.25) is 0 Å². The molecule has 0 unspecified atom stereocenters. The van der Waals surface area contributed by atoms with E-state index in [0.29, 0.717) is 18.7 Å². The molecule has 1 aromatic carbocycles. The molecule has 0 aromatic heterocycles. The van der Waals surface area contributed by atoms with Crippen LogP contribution in [0.3, 0.4) is 0 Å². The molecule has 126 valence electrons. The lowest BCUT2D eigenvalue weighted by Crippen LogP contribution is -2.48. The summed E-state index contributed by atoms with van der Waals surface area (Å²) < 4.78 is 18.3. The first-order valence-corrected chi connectivity index (χ1v) is 7.83. The third-order valence-corrected chi connectivity index (χ3v) is 3.52. The summed E-state index contributed by atoms with van der Waals surface area (Å²) in [4.78, 5) is 26.2. The molecule has 1 aliphatic heterocycles. The molecule has 0 spiro atoms. The topological polar surface area (TPSA) is 58.6 Å². The van der Waals surface area contributed by atoms with Gasteiger partial charge in [-0.2, -0.15) is 0 Å². The van der Waals surface area contributed by atoms with Crippen molar-refractivity contribution >= 4 is 17.7 Å². The Balaban J connectivity index is 2.10. The molecular formula is C17H23FN2O3. The molecule has 1 fully saturated rings. The normalized spacial score (nSPS) is 19.2. The standard InChI is InChI=1S/C17H23FN2O3/c1-17(2,3)23-16(22)19-14-6-4-5-11-20(15(14)21)13-9-7-12(18)8-10-13/h7-10,14H,4-6,11H2,1-3H3,(H,19,22)/t14-/m0/s1. The molecule has 1 heterocycles. The molecule has 5 nitrogen and oxygen atoms in total. The highest BCUT2D eigenvalue weighted by atomic mass is 19.1. The van der Waals surface area contributed by atoms with Gasteiger partial charge >= 0.3 is 6.09 Å². The van der Waals surface area contributed by atoms with Crippen LogP contribution in [-0.2, 0) is 9.53 Å². The van der Waals surface area contributed by atoms with Crippen LogP contribution in [0.15, 0.2) is 24.3 Å². The first-order valence-electron chi connectivity index (χ1n) is 7.83. The molecule has 1 aliphatic rings. The van der Waals surface area contributed by atoms with Gasteiger partial charge < -0.3 is 15.0 Å². The van der Waals surface area contributed by atoms with Gasteiger partial charge in [0, 0.05) is 12.2 Å². The quantitative estimate of drug-likeness (QED) is 0.909. The number of hydrogen-bond acceptors (Lipinski definition) is 3. The third-order valence-electron chi connectivity index (χ3n) is 3.52. The largest absolute Gasteiger partial charge is 0.444 e. The lowest BCUT2D eigenvalue weighted by atomic mass is 10.1. The van der Waals surface area contributed by atoms with Crippen molar-refractivity contribution in [2.45, 2.75) is 51.7 Å². The van der Waals surface area contributed by atoms with E-state index in [1.165, 1.54) is 12.1 Å². The molecule has 2 amide bonds. The molecule has 0 bridgehead atoms. The lowest BCUT2D eigenvalue weighted by Gasteiger charge is -2.26. The van der Waals surface area contributed by atoms with Gasteiger partial charge in [0.25, 0.3) is 0 Å². The SMILES string of the molecule is CC(C)(C)OC(=O)N[C@H]1CCCCN(c2ccc(F)cc2)C1=O. The molecule has 1 atom stereocenters. The summed E-state index contributed by atoms with van der Waals surface area (Å²) in [6, 6.07) is 5.16. The lowest BCUT2D eigenvalue weighted by molar-refractivity contribution is -0.120. The van der Waals surface area contributed by atoms with Crippen LogP contribution < -0.4 is 10.2 Å². The number of ether oxygens (including phenoxy) is 1. The van der Waals surface area contributed by atoms with Gasteiger partial charge in [-0.15, -0.1) is 0 Å². The van der Waals surface area contributed by atoms with Crippen LogP contribution in [0.25, 0.3) is 0 Å². The Bertz CT molecular complexity index is 566. The maximum Gasteiger partial charge on any atom is 0.408 e. The third kappa shape index (κ3) is 4.94. The van der Waals surface area contributed by atoms with E-state index < -0.39 is 17.7 Å². The van der Waals surface area contributed by atoms with E-state index in [-0.39, 0.29) is 11.7 Å². The van der Waals surface area contributed by atoms with Crippen molar-refractivity contribution in [2.75, 3.05) is 11.4 Å². The van der Waals surface area contributed by atoms with Crippen molar-refractivity contribution in [3.05, 3.63) is 30.1 Å². The minimum Gasteiger partial charge on any atom is -0.444 e. The summed E-state index contributed by atoms with van der Waals surface area (Å²) in [7, 11) is 0. The van der Waals surface area contributed by atoms with Gasteiger partial charge in [-0.1, -0.05) is 0 Å². The smallest absolute Gasteiger partial charge is 0.408 e. The highest BCUT2D eigenvalue weighted by Crippen LogP contribution is 2.21. The molecule has 0 aliphatic carbocycles. The monoisotopic (exact) mass is 322 g/mol. The van der Waals surface area contributed by atoms with Crippen LogP contribution in [0, 0.1) is 5.82 Å². The highest BCUT2D eigenvalue weighted by molar-refractivity contribution is 5.98. The zero-order chi connectivity index (χ0) is 17.0. The van der Waals surface area contributed by atoms with Gasteiger partial charge in [-0.3, -0.25) is 4.79 Å². The average Bonchev–Trinajstić information content (AvgIpc) is 2.61. The molecule has 0 saturated carbocycles. The van der Waals surface area contributed by atoms with Crippen LogP contribution >= 0.6 is 0 Å². The number of nitrogens with zero attached hydrogens (tertiary/aromatic N) is 1. The second-order valence-corrected chi connectivity index (χ2v) is 6.66. The number of benzene rings is 1. The number of amides is 2. The molecule has 23 heavy (non-hydrogen) atoms. The predicted molar refractivity (Wildman–Crippen MR) is 85.8 cm³/mol. The summed E-state index contributed by atoms with van der Waals surface area (Å²) in [5.41, 5.74) is 0.0170. The van der Waals surface area contributed by atoms with E-state index >= 15 is 0 Å². The second-order valence-electron chi connectivity index (χ2n) is 6.66. The van der Waals surface area contributed by atoms with E-state index in [4.69, 9.17) is 4.74 Å². The zero-order valence-corrected chi connectivity index (χ0v) is 13.8. The van der Waals surface area contributed by atoms with Crippen LogP contribution in [0.4, 0.5) is 14.9 Å². The van der Waals surface area contributed by atoms with Gasteiger partial charge in [0.05, 0.1) is 0 Å². The summed E-state index contributed by atoms with van der Waals surface area (Å²) >= 11 is 0. The molecule has 1 saturated heterocycles. The van der Waals surface area contributed by atoms with E-state index in [2.05, 4.69) is 5.32 Å². The Labute approximate surface area is 135 Å². The molecule has 1 aromatic rings. The van der Waals surface area contributed by atoms with Gasteiger partial charge in [0.2, 0.25) is 5.91 Å². The summed E-state index contributed by atoms with van der Waals surface area (Å²) in [6.45, 7) is 5.86. The van der Waals surface area contributed by atoms with Gasteiger partial charge in [0.1, 0.15) is 17.5 Å². The number of rotatable bonds is 2. The Morgan fingerprint density at radius 2 is 1.91 bits per heavy atom. The Hall–Kier alpha value is -2.11. The van der Waals surface area contributed by atoms with Crippen LogP contribution in [0.5, 0.6) is 0 Å². The maximum atomic E-state index is 13.1. The minimum atomic E-state index is -0.627. The first kappa shape index (κ1) is 17.2. The minimum absolute atomic E-state index is 0.194. The summed E-state index contributed by atoms with van der Waals surface area (Å²) in [5, 5.41) is 2.65. The van der Waals surface area contributed by atoms with Crippen molar-refractivity contribution in [2.24, 2.45) is 0 Å². The average molecular weight is 322 g/mol. The summed E-state index contributed by atoms with van der Waals surface area (Å²) in [6.07, 6.45) is 1.62. The maximum absolute atomic E-state index is 13.1. The fourth-order valence-electron chi connectivity index (χ4n) is 2.50. The van der Waals surface area contributed by atoms with Crippen molar-refractivity contribution in [3.63, 3.8) is 0 Å². The van der Waals surface area contributed by atoms with Crippen molar-refractivity contribution < 1.29 is 18.7 Å². The molecule has 0 radical (unpaired) electrons. The number of alkyl carbamates (subject to hydrolysis) is 1. The molecule has 1 N–H and O–H groups in total. The van der Waals surface area contributed by atoms with E-state index in [9.17, 15) is 14.0 Å². The predicted octanol–water partition coefficient (Wildman–Crippen LogP) is 3.24. The van der Waals surface area contributed by atoms with Gasteiger partial charge in [0.15, 0.2) is 0 Å². The van der Waals surface area contributed by atoms with E-state index in [1.54, 1.807) is 37.8 Å². The molecule has 2 rings (SSSR count). The van der Waals surface area contributed by atoms with Crippen molar-refractivity contribution in [1.82, 2.24) is 5.32 Å². The molecular weight excluding hydrogens is 299 g/mol. The number of hydrogen-bond donors (Lipinski definition) is 1. The Morgan fingerprint density at radius 1 is 1.26 bits per heavy atom. The first-order chi connectivity index (χ1) is 10.8. The van der Waals surface area contributed by atoms with E-state index in [1.807, 2.05) is 0 Å². The van der Waals surface area contributed by atoms with Gasteiger partial charge in [-0.05, 0) is 64.3 Å². The highest BCUT2D eigenvalue weighted by Gasteiger charge is 2.30. The van der Waals surface area contributed by atoms with Crippen molar-refractivity contribution in [3.8, 4) is 0 Å². The zero-order valence-electron chi connectivity index (χ0n) is 13.8. The number of nitrogens with one attached hydrogen (secondary N) is 1. The van der Waals surface area contributed by atoms with E-state index in [0.717, 1.165) is 12.8 Å². The number of halogens is 1. The number of carbonyl (C=O) groups is 2. The summed E-state index contributed by atoms with van der Waals surface area (Å²) in [5.74, 6) is -0.542. The Kier molecular flexibility index (Phi) is 5.23. The van der Waals surface area contributed by atoms with Crippen LogP contribution in [-0.4, -0.2) is 30.2 Å². The fourth-order valence-corrected chi connectivity index (χ4v) is 2.50. The second kappa shape index (κ2) is 6.98.